The Balaban J connectivity index is 1.72. The SMILES string of the molecule is CCS(=O)(=O)c1ccc(Cl)cc1Cn1cnc2cc(CN3CCN(C(C)C)CC3)c(C(F)(F)F)cc2c1=O. The zero-order valence-corrected chi connectivity index (χ0v) is 23.0. The Hall–Kier alpha value is -2.47. The number of rotatable bonds is 7. The quantitative estimate of drug-likeness (QED) is 0.418. The largest absolute Gasteiger partial charge is 0.416 e. The second-order valence-corrected chi connectivity index (χ2v) is 12.4. The smallest absolute Gasteiger partial charge is 0.298 e. The van der Waals surface area contributed by atoms with Crippen molar-refractivity contribution in [2.24, 2.45) is 0 Å². The van der Waals surface area contributed by atoms with Crippen LogP contribution in [0.3, 0.4) is 0 Å². The van der Waals surface area contributed by atoms with Crippen LogP contribution in [-0.2, 0) is 29.1 Å². The number of aromatic nitrogens is 2. The van der Waals surface area contributed by atoms with Crippen molar-refractivity contribution in [3.8, 4) is 0 Å². The third kappa shape index (κ3) is 6.06. The number of piperazine rings is 1. The van der Waals surface area contributed by atoms with Crippen LogP contribution in [0.25, 0.3) is 10.9 Å². The fourth-order valence-corrected chi connectivity index (χ4v) is 6.05. The number of hydrogen-bond acceptors (Lipinski definition) is 6. The van der Waals surface area contributed by atoms with Crippen molar-refractivity contribution in [1.29, 1.82) is 0 Å². The van der Waals surface area contributed by atoms with Crippen molar-refractivity contribution in [3.05, 3.63) is 68.7 Å². The van der Waals surface area contributed by atoms with E-state index in [0.29, 0.717) is 19.1 Å². The van der Waals surface area contributed by atoms with Crippen molar-refractivity contribution in [1.82, 2.24) is 19.4 Å². The van der Waals surface area contributed by atoms with Crippen molar-refractivity contribution < 1.29 is 21.6 Å². The standard InChI is InChI=1S/C26H30ClF3N4O3S/c1-4-38(36,37)24-6-5-20(27)11-19(24)15-34-16-31-23-12-18(14-32-7-9-33(10-8-32)17(2)3)22(26(28,29)30)13-21(23)25(34)35/h5-6,11-13,16-17H,4,7-10,14-15H2,1-3H3. The molecule has 206 valence electrons. The maximum Gasteiger partial charge on any atom is 0.416 e. The summed E-state index contributed by atoms with van der Waals surface area (Å²) in [6.07, 6.45) is -3.43. The van der Waals surface area contributed by atoms with Gasteiger partial charge in [-0.05, 0) is 55.3 Å². The van der Waals surface area contributed by atoms with Gasteiger partial charge in [0.1, 0.15) is 0 Å². The van der Waals surface area contributed by atoms with Gasteiger partial charge in [-0.3, -0.25) is 19.2 Å². The molecule has 0 amide bonds. The van der Waals surface area contributed by atoms with E-state index in [-0.39, 0.29) is 50.8 Å². The van der Waals surface area contributed by atoms with Crippen molar-refractivity contribution in [2.75, 3.05) is 31.9 Å². The summed E-state index contributed by atoms with van der Waals surface area (Å²) in [6.45, 7) is 8.41. The van der Waals surface area contributed by atoms with E-state index >= 15 is 0 Å². The van der Waals surface area contributed by atoms with E-state index in [1.165, 1.54) is 37.5 Å². The molecule has 0 bridgehead atoms. The molecule has 0 saturated carbocycles. The first-order valence-electron chi connectivity index (χ1n) is 12.4. The highest BCUT2D eigenvalue weighted by atomic mass is 35.5. The summed E-state index contributed by atoms with van der Waals surface area (Å²) in [6, 6.07) is 6.82. The molecular weight excluding hydrogens is 541 g/mol. The number of nitrogens with zero attached hydrogens (tertiary/aromatic N) is 4. The molecule has 1 saturated heterocycles. The second-order valence-electron chi connectivity index (χ2n) is 9.76. The summed E-state index contributed by atoms with van der Waals surface area (Å²) in [5, 5.41) is 0.0882. The molecule has 0 atom stereocenters. The van der Waals surface area contributed by atoms with Crippen LogP contribution < -0.4 is 5.56 Å². The number of hydrogen-bond donors (Lipinski definition) is 0. The molecule has 1 aromatic heterocycles. The lowest BCUT2D eigenvalue weighted by molar-refractivity contribution is -0.138. The molecule has 0 N–H and O–H groups in total. The van der Waals surface area contributed by atoms with E-state index in [1.807, 2.05) is 4.90 Å². The molecule has 2 heterocycles. The molecule has 1 fully saturated rings. The highest BCUT2D eigenvalue weighted by Crippen LogP contribution is 2.34. The number of sulfone groups is 1. The third-order valence-electron chi connectivity index (χ3n) is 6.96. The average molecular weight is 571 g/mol. The van der Waals surface area contributed by atoms with Gasteiger partial charge in [0.15, 0.2) is 9.84 Å². The molecule has 4 rings (SSSR count). The Kier molecular flexibility index (Phi) is 8.23. The van der Waals surface area contributed by atoms with Gasteiger partial charge in [-0.2, -0.15) is 13.2 Å². The number of alkyl halides is 3. The van der Waals surface area contributed by atoms with E-state index in [4.69, 9.17) is 11.6 Å². The van der Waals surface area contributed by atoms with Gasteiger partial charge in [-0.25, -0.2) is 13.4 Å². The molecule has 38 heavy (non-hydrogen) atoms. The zero-order valence-electron chi connectivity index (χ0n) is 21.4. The normalized spacial score (nSPS) is 16.0. The van der Waals surface area contributed by atoms with Gasteiger partial charge >= 0.3 is 6.18 Å². The Morgan fingerprint density at radius 3 is 2.32 bits per heavy atom. The molecule has 1 aliphatic heterocycles. The third-order valence-corrected chi connectivity index (χ3v) is 9.03. The summed E-state index contributed by atoms with van der Waals surface area (Å²) in [5.41, 5.74) is -1.08. The fourth-order valence-electron chi connectivity index (χ4n) is 4.75. The summed E-state index contributed by atoms with van der Waals surface area (Å²) in [5.74, 6) is -0.156. The predicted molar refractivity (Wildman–Crippen MR) is 141 cm³/mol. The van der Waals surface area contributed by atoms with E-state index in [9.17, 15) is 26.4 Å². The van der Waals surface area contributed by atoms with E-state index in [1.54, 1.807) is 0 Å². The molecule has 0 spiro atoms. The minimum absolute atomic E-state index is 0.0142. The zero-order chi connectivity index (χ0) is 27.8. The first-order valence-corrected chi connectivity index (χ1v) is 14.4. The average Bonchev–Trinajstić information content (AvgIpc) is 2.85. The van der Waals surface area contributed by atoms with Gasteiger partial charge in [0.05, 0.1) is 40.0 Å². The van der Waals surface area contributed by atoms with E-state index < -0.39 is 27.1 Å². The van der Waals surface area contributed by atoms with E-state index in [0.717, 1.165) is 23.7 Å². The van der Waals surface area contributed by atoms with Crippen LogP contribution in [-0.4, -0.2) is 65.7 Å². The molecule has 0 unspecified atom stereocenters. The Labute approximate surface area is 224 Å². The molecule has 3 aromatic rings. The summed E-state index contributed by atoms with van der Waals surface area (Å²) in [4.78, 5) is 21.8. The first kappa shape index (κ1) is 28.5. The van der Waals surface area contributed by atoms with Crippen LogP contribution in [0, 0.1) is 0 Å². The van der Waals surface area contributed by atoms with Crippen LogP contribution in [0.2, 0.25) is 5.02 Å². The van der Waals surface area contributed by atoms with Gasteiger partial charge in [-0.15, -0.1) is 0 Å². The molecule has 2 aromatic carbocycles. The first-order chi connectivity index (χ1) is 17.8. The van der Waals surface area contributed by atoms with Crippen molar-refractivity contribution in [3.63, 3.8) is 0 Å². The predicted octanol–water partition coefficient (Wildman–Crippen LogP) is 4.44. The lowest BCUT2D eigenvalue weighted by atomic mass is 10.0. The monoisotopic (exact) mass is 570 g/mol. The molecule has 7 nitrogen and oxygen atoms in total. The fraction of sp³-hybridized carbons (Fsp3) is 0.462. The van der Waals surface area contributed by atoms with Gasteiger partial charge < -0.3 is 0 Å². The Bertz CT molecular complexity index is 1500. The molecule has 1 aliphatic rings. The maximum atomic E-state index is 14.1. The molecular formula is C26H30ClF3N4O3S. The second kappa shape index (κ2) is 11.0. The lowest BCUT2D eigenvalue weighted by Crippen LogP contribution is -2.48. The minimum Gasteiger partial charge on any atom is -0.298 e. The number of halogens is 4. The van der Waals surface area contributed by atoms with Crippen molar-refractivity contribution in [2.45, 2.75) is 51.0 Å². The molecule has 0 aliphatic carbocycles. The molecule has 12 heteroatoms. The lowest BCUT2D eigenvalue weighted by Gasteiger charge is -2.37. The van der Waals surface area contributed by atoms with Crippen LogP contribution >= 0.6 is 11.6 Å². The molecule has 0 radical (unpaired) electrons. The van der Waals surface area contributed by atoms with Crippen molar-refractivity contribution >= 4 is 32.3 Å². The minimum atomic E-state index is -4.66. The van der Waals surface area contributed by atoms with Crippen LogP contribution in [0.1, 0.15) is 37.5 Å². The highest BCUT2D eigenvalue weighted by molar-refractivity contribution is 7.91. The van der Waals surface area contributed by atoms with E-state index in [2.05, 4.69) is 23.7 Å². The van der Waals surface area contributed by atoms with Crippen LogP contribution in [0.15, 0.2) is 46.3 Å². The Morgan fingerprint density at radius 2 is 1.71 bits per heavy atom. The van der Waals surface area contributed by atoms with Gasteiger partial charge in [0.2, 0.25) is 0 Å². The summed E-state index contributed by atoms with van der Waals surface area (Å²) < 4.78 is 68.5. The van der Waals surface area contributed by atoms with Gasteiger partial charge in [0.25, 0.3) is 5.56 Å². The van der Waals surface area contributed by atoms with Crippen LogP contribution in [0.4, 0.5) is 13.2 Å². The number of benzene rings is 2. The summed E-state index contributed by atoms with van der Waals surface area (Å²) in [7, 11) is -3.63. The summed E-state index contributed by atoms with van der Waals surface area (Å²) >= 11 is 6.07. The topological polar surface area (TPSA) is 75.5 Å². The Morgan fingerprint density at radius 1 is 1.03 bits per heavy atom. The van der Waals surface area contributed by atoms with Gasteiger partial charge in [-0.1, -0.05) is 18.5 Å². The maximum absolute atomic E-state index is 14.1. The van der Waals surface area contributed by atoms with Gasteiger partial charge in [0, 0.05) is 43.8 Å². The number of fused-ring (bicyclic) bond motifs is 1. The highest BCUT2D eigenvalue weighted by Gasteiger charge is 2.35. The van der Waals surface area contributed by atoms with Crippen LogP contribution in [0.5, 0.6) is 0 Å².